The van der Waals surface area contributed by atoms with Crippen molar-refractivity contribution >= 4 is 17.5 Å². The zero-order valence-electron chi connectivity index (χ0n) is 12.3. The molecule has 2 rings (SSSR count). The van der Waals surface area contributed by atoms with Gasteiger partial charge in [-0.15, -0.1) is 0 Å². The van der Waals surface area contributed by atoms with Crippen molar-refractivity contribution < 1.29 is 0 Å². The summed E-state index contributed by atoms with van der Waals surface area (Å²) in [5.74, 6) is 3.28. The molecule has 2 N–H and O–H groups in total. The standard InChI is InChI=1S/C14H22N6/c1-4-6-11-16-13(15-8-5-2)10-14(17-11)18-12-7-9-20(3)19-12/h7,9-10H,4-6,8H2,1-3H3,(H2,15,16,17,18,19). The number of hydrogen-bond donors (Lipinski definition) is 2. The highest BCUT2D eigenvalue weighted by atomic mass is 15.3. The molecular weight excluding hydrogens is 252 g/mol. The maximum atomic E-state index is 4.52. The quantitative estimate of drug-likeness (QED) is 0.812. The fraction of sp³-hybridized carbons (Fsp3) is 0.500. The van der Waals surface area contributed by atoms with Crippen LogP contribution in [0.2, 0.25) is 0 Å². The zero-order valence-corrected chi connectivity index (χ0v) is 12.3. The molecule has 0 spiro atoms. The van der Waals surface area contributed by atoms with E-state index in [4.69, 9.17) is 0 Å². The lowest BCUT2D eigenvalue weighted by Gasteiger charge is -2.09. The Morgan fingerprint density at radius 2 is 1.90 bits per heavy atom. The van der Waals surface area contributed by atoms with Gasteiger partial charge in [-0.3, -0.25) is 4.68 Å². The van der Waals surface area contributed by atoms with Gasteiger partial charge in [-0.1, -0.05) is 13.8 Å². The summed E-state index contributed by atoms with van der Waals surface area (Å²) in [5, 5.41) is 10.8. The molecule has 0 atom stereocenters. The second-order valence-corrected chi connectivity index (χ2v) is 4.73. The predicted octanol–water partition coefficient (Wildman–Crippen LogP) is 2.73. The molecule has 2 heterocycles. The minimum atomic E-state index is 0.778. The minimum absolute atomic E-state index is 0.778. The van der Waals surface area contributed by atoms with Gasteiger partial charge in [0.25, 0.3) is 0 Å². The second-order valence-electron chi connectivity index (χ2n) is 4.73. The molecular formula is C14H22N6. The van der Waals surface area contributed by atoms with Gasteiger partial charge in [0.15, 0.2) is 5.82 Å². The molecule has 0 saturated heterocycles. The summed E-state index contributed by atoms with van der Waals surface area (Å²) in [4.78, 5) is 9.04. The molecule has 20 heavy (non-hydrogen) atoms. The highest BCUT2D eigenvalue weighted by molar-refractivity contribution is 5.55. The van der Waals surface area contributed by atoms with Gasteiger partial charge in [0.2, 0.25) is 0 Å². The number of nitrogens with zero attached hydrogens (tertiary/aromatic N) is 4. The van der Waals surface area contributed by atoms with Gasteiger partial charge >= 0.3 is 0 Å². The summed E-state index contributed by atoms with van der Waals surface area (Å²) in [6.45, 7) is 5.17. The van der Waals surface area contributed by atoms with Crippen LogP contribution in [0.5, 0.6) is 0 Å². The summed E-state index contributed by atoms with van der Waals surface area (Å²) in [6, 6.07) is 3.84. The SMILES string of the molecule is CCCNc1cc(Nc2ccn(C)n2)nc(CCC)n1. The molecule has 108 valence electrons. The first-order valence-corrected chi connectivity index (χ1v) is 7.09. The third-order valence-corrected chi connectivity index (χ3v) is 2.77. The third kappa shape index (κ3) is 3.94. The van der Waals surface area contributed by atoms with E-state index >= 15 is 0 Å². The Morgan fingerprint density at radius 1 is 1.10 bits per heavy atom. The van der Waals surface area contributed by atoms with Crippen molar-refractivity contribution in [1.82, 2.24) is 19.7 Å². The van der Waals surface area contributed by atoms with Crippen molar-refractivity contribution in [2.24, 2.45) is 7.05 Å². The third-order valence-electron chi connectivity index (χ3n) is 2.77. The van der Waals surface area contributed by atoms with E-state index in [1.54, 1.807) is 4.68 Å². The van der Waals surface area contributed by atoms with E-state index in [0.29, 0.717) is 0 Å². The first-order valence-electron chi connectivity index (χ1n) is 7.09. The number of aromatic nitrogens is 4. The minimum Gasteiger partial charge on any atom is -0.370 e. The summed E-state index contributed by atoms with van der Waals surface area (Å²) in [5.41, 5.74) is 0. The van der Waals surface area contributed by atoms with Crippen molar-refractivity contribution in [1.29, 1.82) is 0 Å². The fourth-order valence-corrected chi connectivity index (χ4v) is 1.85. The molecule has 0 amide bonds. The Balaban J connectivity index is 2.18. The van der Waals surface area contributed by atoms with E-state index in [1.165, 1.54) is 0 Å². The van der Waals surface area contributed by atoms with E-state index in [-0.39, 0.29) is 0 Å². The van der Waals surface area contributed by atoms with Crippen molar-refractivity contribution in [3.05, 3.63) is 24.2 Å². The topological polar surface area (TPSA) is 67.7 Å². The summed E-state index contributed by atoms with van der Waals surface area (Å²) in [6.07, 6.45) is 4.86. The average molecular weight is 274 g/mol. The Kier molecular flexibility index (Phi) is 4.92. The van der Waals surface area contributed by atoms with Crippen LogP contribution in [-0.2, 0) is 13.5 Å². The van der Waals surface area contributed by atoms with Crippen molar-refractivity contribution in [3.8, 4) is 0 Å². The van der Waals surface area contributed by atoms with Crippen LogP contribution in [0.15, 0.2) is 18.3 Å². The Labute approximate surface area is 119 Å². The maximum absolute atomic E-state index is 4.52. The highest BCUT2D eigenvalue weighted by Crippen LogP contribution is 2.16. The van der Waals surface area contributed by atoms with Crippen LogP contribution in [0.3, 0.4) is 0 Å². The van der Waals surface area contributed by atoms with Gasteiger partial charge < -0.3 is 10.6 Å². The molecule has 0 aromatic carbocycles. The summed E-state index contributed by atoms with van der Waals surface area (Å²) < 4.78 is 1.76. The Hall–Kier alpha value is -2.11. The summed E-state index contributed by atoms with van der Waals surface area (Å²) >= 11 is 0. The molecule has 0 saturated carbocycles. The van der Waals surface area contributed by atoms with Gasteiger partial charge in [-0.25, -0.2) is 9.97 Å². The normalized spacial score (nSPS) is 10.6. The van der Waals surface area contributed by atoms with Crippen LogP contribution >= 0.6 is 0 Å². The summed E-state index contributed by atoms with van der Waals surface area (Å²) in [7, 11) is 1.89. The lowest BCUT2D eigenvalue weighted by atomic mass is 10.3. The average Bonchev–Trinajstić information content (AvgIpc) is 2.82. The van der Waals surface area contributed by atoms with Gasteiger partial charge in [-0.05, 0) is 12.8 Å². The number of hydrogen-bond acceptors (Lipinski definition) is 5. The molecule has 0 unspecified atom stereocenters. The molecule has 0 radical (unpaired) electrons. The van der Waals surface area contributed by atoms with E-state index in [2.05, 4.69) is 39.5 Å². The molecule has 0 aliphatic carbocycles. The lowest BCUT2D eigenvalue weighted by molar-refractivity contribution is 0.770. The van der Waals surface area contributed by atoms with Crippen LogP contribution in [-0.4, -0.2) is 26.3 Å². The smallest absolute Gasteiger partial charge is 0.153 e. The predicted molar refractivity (Wildman–Crippen MR) is 81.3 cm³/mol. The molecule has 0 aliphatic rings. The van der Waals surface area contributed by atoms with E-state index in [9.17, 15) is 0 Å². The van der Waals surface area contributed by atoms with Crippen LogP contribution in [0, 0.1) is 0 Å². The van der Waals surface area contributed by atoms with Crippen molar-refractivity contribution in [3.63, 3.8) is 0 Å². The molecule has 2 aromatic rings. The van der Waals surface area contributed by atoms with Crippen LogP contribution < -0.4 is 10.6 Å². The van der Waals surface area contributed by atoms with Crippen LogP contribution in [0.1, 0.15) is 32.5 Å². The zero-order chi connectivity index (χ0) is 14.4. The maximum Gasteiger partial charge on any atom is 0.153 e. The molecule has 0 aliphatic heterocycles. The van der Waals surface area contributed by atoms with Crippen molar-refractivity contribution in [2.75, 3.05) is 17.2 Å². The second kappa shape index (κ2) is 6.88. The first kappa shape index (κ1) is 14.3. The van der Waals surface area contributed by atoms with E-state index in [1.807, 2.05) is 25.4 Å². The molecule has 6 nitrogen and oxygen atoms in total. The monoisotopic (exact) mass is 274 g/mol. The van der Waals surface area contributed by atoms with E-state index < -0.39 is 0 Å². The fourth-order valence-electron chi connectivity index (χ4n) is 1.85. The number of aryl methyl sites for hydroxylation is 2. The van der Waals surface area contributed by atoms with Crippen LogP contribution in [0.25, 0.3) is 0 Å². The lowest BCUT2D eigenvalue weighted by Crippen LogP contribution is -2.07. The molecule has 2 aromatic heterocycles. The molecule has 0 bridgehead atoms. The Bertz CT molecular complexity index is 548. The highest BCUT2D eigenvalue weighted by Gasteiger charge is 2.05. The first-order chi connectivity index (χ1) is 9.71. The number of anilines is 3. The van der Waals surface area contributed by atoms with Crippen molar-refractivity contribution in [2.45, 2.75) is 33.1 Å². The number of rotatable bonds is 7. The van der Waals surface area contributed by atoms with E-state index in [0.717, 1.165) is 49.1 Å². The van der Waals surface area contributed by atoms with Gasteiger partial charge in [0, 0.05) is 38.3 Å². The van der Waals surface area contributed by atoms with Gasteiger partial charge in [0.05, 0.1) is 0 Å². The van der Waals surface area contributed by atoms with Gasteiger partial charge in [0.1, 0.15) is 17.5 Å². The molecule has 0 fully saturated rings. The van der Waals surface area contributed by atoms with Gasteiger partial charge in [-0.2, -0.15) is 5.10 Å². The molecule has 6 heteroatoms. The largest absolute Gasteiger partial charge is 0.370 e. The Morgan fingerprint density at radius 3 is 2.55 bits per heavy atom. The van der Waals surface area contributed by atoms with Crippen LogP contribution in [0.4, 0.5) is 17.5 Å². The number of nitrogens with one attached hydrogen (secondary N) is 2.